The second-order valence-corrected chi connectivity index (χ2v) is 5.01. The molecule has 0 fully saturated rings. The van der Waals surface area contributed by atoms with Gasteiger partial charge < -0.3 is 21.7 Å². The third-order valence-electron chi connectivity index (χ3n) is 1.16. The molecule has 0 rings (SSSR count). The number of rotatable bonds is 7. The number of carboxylic acid groups (broad SMARTS) is 1. The molecular formula is C6H14N2O3S2. The number of carbonyl (C=O) groups is 1. The number of hydrogen-bond acceptors (Lipinski definition) is 6. The minimum atomic E-state index is -1.00. The molecule has 0 heterocycles. The molecule has 5 nitrogen and oxygen atoms in total. The molecule has 0 aliphatic heterocycles. The van der Waals surface area contributed by atoms with Gasteiger partial charge in [0.1, 0.15) is 6.04 Å². The first-order valence-electron chi connectivity index (χ1n) is 3.67. The van der Waals surface area contributed by atoms with Gasteiger partial charge in [0.25, 0.3) is 0 Å². The van der Waals surface area contributed by atoms with E-state index in [-0.39, 0.29) is 12.6 Å². The van der Waals surface area contributed by atoms with Crippen LogP contribution in [0.25, 0.3) is 0 Å². The fourth-order valence-corrected chi connectivity index (χ4v) is 2.68. The molecule has 0 aliphatic carbocycles. The predicted octanol–water partition coefficient (Wildman–Crippen LogP) is -0.901. The van der Waals surface area contributed by atoms with Crippen LogP contribution in [-0.4, -0.2) is 46.4 Å². The van der Waals surface area contributed by atoms with Crippen LogP contribution < -0.4 is 11.5 Å². The van der Waals surface area contributed by atoms with Gasteiger partial charge in [-0.05, 0) is 0 Å². The van der Waals surface area contributed by atoms with Gasteiger partial charge in [0.05, 0.1) is 6.61 Å². The van der Waals surface area contributed by atoms with Gasteiger partial charge in [-0.2, -0.15) is 0 Å². The number of carboxylic acids is 1. The van der Waals surface area contributed by atoms with E-state index >= 15 is 0 Å². The van der Waals surface area contributed by atoms with E-state index in [2.05, 4.69) is 0 Å². The Hall–Kier alpha value is 0.0500. The molecular weight excluding hydrogens is 212 g/mol. The summed E-state index contributed by atoms with van der Waals surface area (Å²) in [6.07, 6.45) is 0. The number of hydrogen-bond donors (Lipinski definition) is 4. The monoisotopic (exact) mass is 226 g/mol. The molecule has 0 aromatic rings. The Labute approximate surface area is 84.6 Å². The van der Waals surface area contributed by atoms with Crippen molar-refractivity contribution in [1.82, 2.24) is 0 Å². The average Bonchev–Trinajstić information content (AvgIpc) is 2.11. The highest BCUT2D eigenvalue weighted by atomic mass is 33.1. The van der Waals surface area contributed by atoms with Crippen LogP contribution in [0.2, 0.25) is 0 Å². The Bertz CT molecular complexity index is 159. The van der Waals surface area contributed by atoms with E-state index < -0.39 is 12.0 Å². The Balaban J connectivity index is 3.30. The largest absolute Gasteiger partial charge is 0.480 e. The second-order valence-electron chi connectivity index (χ2n) is 2.46. The maximum atomic E-state index is 10.3. The van der Waals surface area contributed by atoms with Crippen LogP contribution in [0.1, 0.15) is 0 Å². The summed E-state index contributed by atoms with van der Waals surface area (Å²) >= 11 is 0. The van der Waals surface area contributed by atoms with Crippen LogP contribution in [-0.2, 0) is 4.79 Å². The van der Waals surface area contributed by atoms with E-state index in [9.17, 15) is 4.79 Å². The Morgan fingerprint density at radius 3 is 2.31 bits per heavy atom. The molecule has 0 aliphatic rings. The Morgan fingerprint density at radius 2 is 1.85 bits per heavy atom. The highest BCUT2D eigenvalue weighted by Crippen LogP contribution is 2.21. The SMILES string of the molecule is N[C@H](CO)CSSC[C@H](N)C(=O)O. The maximum Gasteiger partial charge on any atom is 0.321 e. The normalized spacial score (nSPS) is 15.3. The smallest absolute Gasteiger partial charge is 0.321 e. The van der Waals surface area contributed by atoms with Crippen molar-refractivity contribution in [1.29, 1.82) is 0 Å². The molecule has 0 saturated carbocycles. The number of aliphatic hydroxyl groups is 1. The number of aliphatic carboxylic acids is 1. The van der Waals surface area contributed by atoms with Gasteiger partial charge in [0.15, 0.2) is 0 Å². The molecule has 0 radical (unpaired) electrons. The Morgan fingerprint density at radius 1 is 1.31 bits per heavy atom. The lowest BCUT2D eigenvalue weighted by Gasteiger charge is -2.08. The van der Waals surface area contributed by atoms with Crippen LogP contribution >= 0.6 is 21.6 Å². The van der Waals surface area contributed by atoms with Crippen LogP contribution in [0.15, 0.2) is 0 Å². The fraction of sp³-hybridized carbons (Fsp3) is 0.833. The molecule has 0 unspecified atom stereocenters. The summed E-state index contributed by atoms with van der Waals surface area (Å²) in [5.74, 6) is -0.0642. The van der Waals surface area contributed by atoms with Gasteiger partial charge >= 0.3 is 5.97 Å². The van der Waals surface area contributed by atoms with Crippen LogP contribution in [0, 0.1) is 0 Å². The maximum absolute atomic E-state index is 10.3. The standard InChI is InChI=1S/C6H14N2O3S2/c7-4(1-9)2-12-13-3-5(8)6(10)11/h4-5,9H,1-3,7-8H2,(H,10,11)/t4-,5+/m1/s1. The predicted molar refractivity (Wildman–Crippen MR) is 55.6 cm³/mol. The van der Waals surface area contributed by atoms with Crippen LogP contribution in [0.5, 0.6) is 0 Å². The minimum Gasteiger partial charge on any atom is -0.480 e. The number of aliphatic hydroxyl groups excluding tert-OH is 1. The van der Waals surface area contributed by atoms with Gasteiger partial charge in [-0.3, -0.25) is 4.79 Å². The quantitative estimate of drug-likeness (QED) is 0.329. The third-order valence-corrected chi connectivity index (χ3v) is 3.71. The van der Waals surface area contributed by atoms with E-state index in [4.69, 9.17) is 21.7 Å². The zero-order valence-electron chi connectivity index (χ0n) is 7.05. The number of nitrogens with two attached hydrogens (primary N) is 2. The van der Waals surface area contributed by atoms with Crippen molar-refractivity contribution < 1.29 is 15.0 Å². The molecule has 7 heteroatoms. The molecule has 0 saturated heterocycles. The summed E-state index contributed by atoms with van der Waals surface area (Å²) in [4.78, 5) is 10.3. The van der Waals surface area contributed by atoms with Gasteiger partial charge in [-0.1, -0.05) is 21.6 Å². The first-order valence-corrected chi connectivity index (χ1v) is 6.16. The van der Waals surface area contributed by atoms with E-state index in [0.717, 1.165) is 0 Å². The van der Waals surface area contributed by atoms with Gasteiger partial charge in [0, 0.05) is 17.5 Å². The summed E-state index contributed by atoms with van der Waals surface area (Å²) < 4.78 is 0. The van der Waals surface area contributed by atoms with Crippen LogP contribution in [0.4, 0.5) is 0 Å². The molecule has 6 N–H and O–H groups in total. The van der Waals surface area contributed by atoms with Crippen molar-refractivity contribution >= 4 is 27.6 Å². The van der Waals surface area contributed by atoms with Gasteiger partial charge in [-0.25, -0.2) is 0 Å². The molecule has 13 heavy (non-hydrogen) atoms. The highest BCUT2D eigenvalue weighted by Gasteiger charge is 2.11. The zero-order chi connectivity index (χ0) is 10.3. The van der Waals surface area contributed by atoms with E-state index in [1.807, 2.05) is 0 Å². The molecule has 0 amide bonds. The average molecular weight is 226 g/mol. The minimum absolute atomic E-state index is 0.0570. The van der Waals surface area contributed by atoms with Gasteiger partial charge in [0.2, 0.25) is 0 Å². The molecule has 0 aromatic heterocycles. The first-order chi connectivity index (χ1) is 6.07. The van der Waals surface area contributed by atoms with Crippen molar-refractivity contribution in [2.24, 2.45) is 11.5 Å². The zero-order valence-corrected chi connectivity index (χ0v) is 8.68. The fourth-order valence-electron chi connectivity index (χ4n) is 0.381. The molecule has 78 valence electrons. The van der Waals surface area contributed by atoms with Crippen molar-refractivity contribution in [2.75, 3.05) is 18.1 Å². The molecule has 2 atom stereocenters. The van der Waals surface area contributed by atoms with E-state index in [0.29, 0.717) is 11.5 Å². The summed E-state index contributed by atoms with van der Waals surface area (Å²) in [5, 5.41) is 17.0. The van der Waals surface area contributed by atoms with Crippen molar-refractivity contribution in [3.63, 3.8) is 0 Å². The first kappa shape index (κ1) is 13.1. The van der Waals surface area contributed by atoms with Gasteiger partial charge in [-0.15, -0.1) is 0 Å². The summed E-state index contributed by atoms with van der Waals surface area (Å²) in [6.45, 7) is -0.0570. The topological polar surface area (TPSA) is 110 Å². The molecule has 0 aromatic carbocycles. The summed E-state index contributed by atoms with van der Waals surface area (Å²) in [7, 11) is 2.77. The van der Waals surface area contributed by atoms with Crippen molar-refractivity contribution in [2.45, 2.75) is 12.1 Å². The summed E-state index contributed by atoms with van der Waals surface area (Å²) in [5.41, 5.74) is 10.7. The lowest BCUT2D eigenvalue weighted by molar-refractivity contribution is -0.137. The highest BCUT2D eigenvalue weighted by molar-refractivity contribution is 8.76. The molecule has 0 spiro atoms. The lowest BCUT2D eigenvalue weighted by atomic mass is 10.4. The van der Waals surface area contributed by atoms with E-state index in [1.165, 1.54) is 21.6 Å². The third kappa shape index (κ3) is 7.15. The Kier molecular flexibility index (Phi) is 7.48. The lowest BCUT2D eigenvalue weighted by Crippen LogP contribution is -2.32. The summed E-state index contributed by atoms with van der Waals surface area (Å²) in [6, 6.07) is -1.08. The van der Waals surface area contributed by atoms with Crippen molar-refractivity contribution in [3.8, 4) is 0 Å². The van der Waals surface area contributed by atoms with E-state index in [1.54, 1.807) is 0 Å². The molecule has 0 bridgehead atoms. The second kappa shape index (κ2) is 7.45. The van der Waals surface area contributed by atoms with Crippen LogP contribution in [0.3, 0.4) is 0 Å². The van der Waals surface area contributed by atoms with Crippen molar-refractivity contribution in [3.05, 3.63) is 0 Å².